The molecule has 2 rings (SSSR count). The Morgan fingerprint density at radius 1 is 1.68 bits per heavy atom. The Balaban J connectivity index is 2.31. The molecule has 1 saturated heterocycles. The molecule has 1 aromatic heterocycles. The Hall–Kier alpha value is -1.82. The van der Waals surface area contributed by atoms with Crippen molar-refractivity contribution >= 4 is 23.4 Å². The molecule has 0 bridgehead atoms. The summed E-state index contributed by atoms with van der Waals surface area (Å²) in [6, 6.07) is -0.957. The molecule has 0 unspecified atom stereocenters. The smallest absolute Gasteiger partial charge is 0.351 e. The quantitative estimate of drug-likeness (QED) is 0.437. The number of halogens is 3. The first-order chi connectivity index (χ1) is 11.6. The number of aliphatic hydroxyl groups is 1. The first kappa shape index (κ1) is 19.5. The van der Waals surface area contributed by atoms with E-state index in [-0.39, 0.29) is 0 Å². The summed E-state index contributed by atoms with van der Waals surface area (Å²) in [7, 11) is 0. The number of nitrogen functional groups attached to an aromatic ring is 1. The van der Waals surface area contributed by atoms with E-state index in [0.29, 0.717) is 10.8 Å². The maximum Gasteiger partial charge on any atom is 0.351 e. The van der Waals surface area contributed by atoms with Crippen LogP contribution in [0.3, 0.4) is 0 Å². The molecule has 140 valence electrons. The summed E-state index contributed by atoms with van der Waals surface area (Å²) in [5.74, 6) is -3.03. The van der Waals surface area contributed by atoms with Crippen molar-refractivity contribution < 1.29 is 28.2 Å². The molecule has 9 nitrogen and oxygen atoms in total. The minimum absolute atomic E-state index is 0.475. The molecule has 0 aromatic carbocycles. The summed E-state index contributed by atoms with van der Waals surface area (Å²) in [6.07, 6.45) is -5.16. The molecule has 0 saturated carbocycles. The summed E-state index contributed by atoms with van der Waals surface area (Å²) >= 11 is 5.77. The lowest BCUT2D eigenvalue weighted by Gasteiger charge is -2.29. The van der Waals surface area contributed by atoms with E-state index in [1.807, 2.05) is 0 Å². The number of aliphatic hydroxyl groups excluding tert-OH is 1. The van der Waals surface area contributed by atoms with Gasteiger partial charge in [-0.25, -0.2) is 13.6 Å². The average molecular weight is 383 g/mol. The highest BCUT2D eigenvalue weighted by atomic mass is 35.5. The maximum absolute atomic E-state index is 14.5. The molecule has 1 aliphatic rings. The fraction of sp³-hybridized carbons (Fsp3) is 0.615. The van der Waals surface area contributed by atoms with E-state index in [0.717, 1.165) is 0 Å². The van der Waals surface area contributed by atoms with Crippen LogP contribution in [0.5, 0.6) is 0 Å². The van der Waals surface area contributed by atoms with Crippen molar-refractivity contribution in [1.29, 1.82) is 0 Å². The molecule has 5 atom stereocenters. The SMILES string of the molecule is C[C@H](N)C(=O)OC[C@@]1(CCl)O[C@@H](n2cc(F)c(N)nc2=O)[C@@H](F)[C@@H]1O. The first-order valence-electron chi connectivity index (χ1n) is 7.15. The van der Waals surface area contributed by atoms with Gasteiger partial charge in [-0.05, 0) is 6.92 Å². The van der Waals surface area contributed by atoms with Crippen LogP contribution in [0.25, 0.3) is 0 Å². The number of nitrogens with two attached hydrogens (primary N) is 2. The van der Waals surface area contributed by atoms with Gasteiger partial charge in [-0.15, -0.1) is 11.6 Å². The fourth-order valence-electron chi connectivity index (χ4n) is 2.26. The Morgan fingerprint density at radius 3 is 2.88 bits per heavy atom. The molecule has 5 N–H and O–H groups in total. The van der Waals surface area contributed by atoms with Crippen LogP contribution in [-0.4, -0.2) is 57.0 Å². The highest BCUT2D eigenvalue weighted by molar-refractivity contribution is 6.18. The Kier molecular flexibility index (Phi) is 5.62. The van der Waals surface area contributed by atoms with Gasteiger partial charge < -0.3 is 26.0 Å². The third kappa shape index (κ3) is 3.59. The fourth-order valence-corrected chi connectivity index (χ4v) is 2.56. The number of anilines is 1. The molecule has 1 aliphatic heterocycles. The van der Waals surface area contributed by atoms with E-state index < -0.39 is 65.9 Å². The minimum atomic E-state index is -2.17. The summed E-state index contributed by atoms with van der Waals surface area (Å²) < 4.78 is 38.8. The molecule has 1 fully saturated rings. The van der Waals surface area contributed by atoms with E-state index in [9.17, 15) is 23.5 Å². The van der Waals surface area contributed by atoms with E-state index in [2.05, 4.69) is 4.98 Å². The lowest BCUT2D eigenvalue weighted by atomic mass is 9.99. The number of carbonyl (C=O) groups is 1. The molecular weight excluding hydrogens is 366 g/mol. The highest BCUT2D eigenvalue weighted by Gasteiger charge is 2.56. The van der Waals surface area contributed by atoms with Crippen molar-refractivity contribution in [3.8, 4) is 0 Å². The summed E-state index contributed by atoms with van der Waals surface area (Å²) in [5.41, 5.74) is 7.57. The van der Waals surface area contributed by atoms with Crippen LogP contribution in [0.1, 0.15) is 13.2 Å². The molecule has 1 aromatic rings. The van der Waals surface area contributed by atoms with Gasteiger partial charge in [0.15, 0.2) is 24.0 Å². The Bertz CT molecular complexity index is 718. The van der Waals surface area contributed by atoms with Crippen LogP contribution in [-0.2, 0) is 14.3 Å². The lowest BCUT2D eigenvalue weighted by Crippen LogP contribution is -2.49. The summed E-state index contributed by atoms with van der Waals surface area (Å²) in [6.45, 7) is 0.749. The number of aromatic nitrogens is 2. The maximum atomic E-state index is 14.5. The van der Waals surface area contributed by atoms with Gasteiger partial charge >= 0.3 is 11.7 Å². The van der Waals surface area contributed by atoms with Gasteiger partial charge in [0.1, 0.15) is 24.4 Å². The molecule has 12 heteroatoms. The molecule has 0 amide bonds. The van der Waals surface area contributed by atoms with Crippen molar-refractivity contribution in [3.63, 3.8) is 0 Å². The zero-order chi connectivity index (χ0) is 18.9. The average Bonchev–Trinajstić information content (AvgIpc) is 2.81. The second kappa shape index (κ2) is 7.20. The number of hydrogen-bond acceptors (Lipinski definition) is 8. The van der Waals surface area contributed by atoms with Crippen molar-refractivity contribution in [2.45, 2.75) is 37.1 Å². The zero-order valence-electron chi connectivity index (χ0n) is 13.1. The molecule has 2 heterocycles. The van der Waals surface area contributed by atoms with Crippen molar-refractivity contribution in [1.82, 2.24) is 9.55 Å². The Labute approximate surface area is 145 Å². The van der Waals surface area contributed by atoms with Gasteiger partial charge in [-0.2, -0.15) is 4.98 Å². The van der Waals surface area contributed by atoms with Gasteiger partial charge in [0, 0.05) is 0 Å². The number of esters is 1. The monoisotopic (exact) mass is 382 g/mol. The minimum Gasteiger partial charge on any atom is -0.461 e. The number of hydrogen-bond donors (Lipinski definition) is 3. The first-order valence-corrected chi connectivity index (χ1v) is 7.68. The second-order valence-corrected chi connectivity index (χ2v) is 5.92. The van der Waals surface area contributed by atoms with E-state index in [1.165, 1.54) is 6.92 Å². The highest BCUT2D eigenvalue weighted by Crippen LogP contribution is 2.39. The number of carbonyl (C=O) groups excluding carboxylic acids is 1. The zero-order valence-corrected chi connectivity index (χ0v) is 13.8. The summed E-state index contributed by atoms with van der Waals surface area (Å²) in [4.78, 5) is 26.5. The van der Waals surface area contributed by atoms with Crippen LogP contribution >= 0.6 is 11.6 Å². The topological polar surface area (TPSA) is 143 Å². The molecule has 0 spiro atoms. The Morgan fingerprint density at radius 2 is 2.32 bits per heavy atom. The van der Waals surface area contributed by atoms with Crippen LogP contribution in [0.4, 0.5) is 14.6 Å². The summed E-state index contributed by atoms with van der Waals surface area (Å²) in [5, 5.41) is 10.1. The third-order valence-corrected chi connectivity index (χ3v) is 4.19. The van der Waals surface area contributed by atoms with E-state index in [4.69, 9.17) is 32.5 Å². The van der Waals surface area contributed by atoms with Crippen LogP contribution in [0.15, 0.2) is 11.0 Å². The van der Waals surface area contributed by atoms with Crippen LogP contribution in [0.2, 0.25) is 0 Å². The molecule has 0 aliphatic carbocycles. The van der Waals surface area contributed by atoms with E-state index in [1.54, 1.807) is 0 Å². The van der Waals surface area contributed by atoms with Gasteiger partial charge in [0.25, 0.3) is 0 Å². The number of ether oxygens (including phenoxy) is 2. The second-order valence-electron chi connectivity index (χ2n) is 5.66. The normalized spacial score (nSPS) is 30.2. The third-order valence-electron chi connectivity index (χ3n) is 3.73. The molecule has 0 radical (unpaired) electrons. The predicted molar refractivity (Wildman–Crippen MR) is 82.0 cm³/mol. The van der Waals surface area contributed by atoms with Gasteiger partial charge in [-0.1, -0.05) is 0 Å². The van der Waals surface area contributed by atoms with Gasteiger partial charge in [-0.3, -0.25) is 9.36 Å². The number of nitrogens with zero attached hydrogens (tertiary/aromatic N) is 2. The van der Waals surface area contributed by atoms with Gasteiger partial charge in [0.2, 0.25) is 0 Å². The number of alkyl halides is 2. The van der Waals surface area contributed by atoms with Crippen LogP contribution < -0.4 is 17.2 Å². The largest absolute Gasteiger partial charge is 0.461 e. The predicted octanol–water partition coefficient (Wildman–Crippen LogP) is -0.940. The van der Waals surface area contributed by atoms with Crippen LogP contribution in [0, 0.1) is 5.82 Å². The van der Waals surface area contributed by atoms with Gasteiger partial charge in [0.05, 0.1) is 12.1 Å². The van der Waals surface area contributed by atoms with Crippen molar-refractivity contribution in [3.05, 3.63) is 22.5 Å². The standard InChI is InChI=1S/C13H17ClF2N4O5/c1-5(17)11(22)24-4-13(3-14)8(21)7(16)10(25-13)20-2-6(15)9(18)19-12(20)23/h2,5,7-8,10,21H,3-4,17H2,1H3,(H2,18,19,23)/t5-,7-,8-,10+,13+/m0/s1. The molecular formula is C13H17ClF2N4O5. The van der Waals surface area contributed by atoms with Crippen molar-refractivity contribution in [2.75, 3.05) is 18.2 Å². The van der Waals surface area contributed by atoms with Crippen molar-refractivity contribution in [2.24, 2.45) is 5.73 Å². The van der Waals surface area contributed by atoms with E-state index >= 15 is 0 Å². The molecule has 25 heavy (non-hydrogen) atoms. The lowest BCUT2D eigenvalue weighted by molar-refractivity contribution is -0.163. The number of rotatable bonds is 5.